The Morgan fingerprint density at radius 1 is 0.926 bits per heavy atom. The van der Waals surface area contributed by atoms with E-state index >= 15 is 0 Å². The Balaban J connectivity index is 1.78. The van der Waals surface area contributed by atoms with Crippen LogP contribution in [0.4, 0.5) is 13.2 Å². The zero-order valence-corrected chi connectivity index (χ0v) is 15.1. The average Bonchev–Trinajstić information content (AvgIpc) is 3.29. The highest BCUT2D eigenvalue weighted by molar-refractivity contribution is 7.99. The second-order valence-corrected chi connectivity index (χ2v) is 7.96. The third-order valence-electron chi connectivity index (χ3n) is 4.19. The summed E-state index contributed by atoms with van der Waals surface area (Å²) in [6.45, 7) is 0. The van der Waals surface area contributed by atoms with Gasteiger partial charge in [-0.3, -0.25) is 0 Å². The Morgan fingerprint density at radius 2 is 1.78 bits per heavy atom. The summed E-state index contributed by atoms with van der Waals surface area (Å²) >= 11 is 2.77. The Labute approximate surface area is 159 Å². The summed E-state index contributed by atoms with van der Waals surface area (Å²) in [5.74, 6) is 0.534. The summed E-state index contributed by atoms with van der Waals surface area (Å²) in [7, 11) is 0. The van der Waals surface area contributed by atoms with Gasteiger partial charge in [0.25, 0.3) is 0 Å². The number of aromatic nitrogens is 2. The Hall–Kier alpha value is -2.58. The van der Waals surface area contributed by atoms with Crippen LogP contribution in [0.1, 0.15) is 5.56 Å². The number of halogens is 3. The molecular formula is C19H9F3N2OS2. The zero-order valence-electron chi connectivity index (χ0n) is 13.4. The molecular weight excluding hydrogens is 393 g/mol. The lowest BCUT2D eigenvalue weighted by molar-refractivity contribution is -0.137. The maximum absolute atomic E-state index is 13.2. The van der Waals surface area contributed by atoms with Crippen molar-refractivity contribution in [3.05, 3.63) is 60.3 Å². The fourth-order valence-corrected chi connectivity index (χ4v) is 5.22. The predicted molar refractivity (Wildman–Crippen MR) is 97.6 cm³/mol. The first-order chi connectivity index (χ1) is 13.0. The largest absolute Gasteiger partial charge is 0.416 e. The first kappa shape index (κ1) is 16.6. The van der Waals surface area contributed by atoms with Crippen LogP contribution in [-0.4, -0.2) is 10.1 Å². The fourth-order valence-electron chi connectivity index (χ4n) is 2.96. The van der Waals surface area contributed by atoms with Gasteiger partial charge in [0.1, 0.15) is 0 Å². The molecule has 0 aliphatic carbocycles. The van der Waals surface area contributed by atoms with E-state index in [0.717, 1.165) is 21.4 Å². The number of alkyl halides is 3. The number of nitrogens with zero attached hydrogens (tertiary/aromatic N) is 2. The first-order valence-electron chi connectivity index (χ1n) is 7.91. The van der Waals surface area contributed by atoms with Crippen molar-refractivity contribution in [1.29, 1.82) is 0 Å². The van der Waals surface area contributed by atoms with E-state index in [1.165, 1.54) is 41.4 Å². The summed E-state index contributed by atoms with van der Waals surface area (Å²) < 4.78 is 44.8. The molecule has 1 aliphatic heterocycles. The molecule has 134 valence electrons. The van der Waals surface area contributed by atoms with Gasteiger partial charge in [0, 0.05) is 27.0 Å². The van der Waals surface area contributed by atoms with Gasteiger partial charge in [-0.25, -0.2) is 4.98 Å². The van der Waals surface area contributed by atoms with Crippen LogP contribution in [0.3, 0.4) is 0 Å². The Morgan fingerprint density at radius 3 is 2.56 bits per heavy atom. The minimum Gasteiger partial charge on any atom is -0.354 e. The molecule has 0 N–H and O–H groups in total. The minimum atomic E-state index is -4.39. The summed E-state index contributed by atoms with van der Waals surface area (Å²) in [4.78, 5) is 7.01. The standard InChI is InChI=1S/C19H9F3N2OS2/c20-19(21,22)10-5-6-11-15(9-10)26-14-4-2-1-3-12(14)17-16(11)24-18(27-17)13-7-8-23-25-13/h1-9H. The van der Waals surface area contributed by atoms with Gasteiger partial charge >= 0.3 is 6.18 Å². The highest BCUT2D eigenvalue weighted by atomic mass is 32.2. The van der Waals surface area contributed by atoms with Crippen LogP contribution in [0.2, 0.25) is 0 Å². The Bertz CT molecular complexity index is 1150. The van der Waals surface area contributed by atoms with Crippen LogP contribution in [-0.2, 0) is 6.18 Å². The van der Waals surface area contributed by atoms with E-state index in [2.05, 4.69) is 10.1 Å². The lowest BCUT2D eigenvalue weighted by Crippen LogP contribution is -2.04. The van der Waals surface area contributed by atoms with Gasteiger partial charge in [-0.2, -0.15) is 13.2 Å². The van der Waals surface area contributed by atoms with E-state index in [-0.39, 0.29) is 0 Å². The topological polar surface area (TPSA) is 38.9 Å². The van der Waals surface area contributed by atoms with Crippen molar-refractivity contribution in [3.63, 3.8) is 0 Å². The SMILES string of the molecule is FC(F)(F)c1ccc2c(c1)Sc1ccccc1-c1sc(-c3ccno3)nc1-2. The molecule has 1 aliphatic rings. The number of fused-ring (bicyclic) bond motifs is 5. The second-order valence-electron chi connectivity index (χ2n) is 5.88. The van der Waals surface area contributed by atoms with E-state index in [4.69, 9.17) is 4.52 Å². The normalized spacial score (nSPS) is 12.9. The van der Waals surface area contributed by atoms with Crippen LogP contribution < -0.4 is 0 Å². The molecule has 0 saturated heterocycles. The lowest BCUT2D eigenvalue weighted by atomic mass is 10.0. The van der Waals surface area contributed by atoms with Crippen LogP contribution in [0.15, 0.2) is 69.0 Å². The van der Waals surface area contributed by atoms with Crippen LogP contribution in [0.25, 0.3) is 32.5 Å². The smallest absolute Gasteiger partial charge is 0.354 e. The van der Waals surface area contributed by atoms with Crippen molar-refractivity contribution in [3.8, 4) is 32.5 Å². The van der Waals surface area contributed by atoms with Crippen molar-refractivity contribution < 1.29 is 17.7 Å². The molecule has 5 rings (SSSR count). The summed E-state index contributed by atoms with van der Waals surface area (Å²) in [5, 5.41) is 4.36. The van der Waals surface area contributed by atoms with Crippen LogP contribution in [0.5, 0.6) is 0 Å². The molecule has 2 aromatic carbocycles. The average molecular weight is 402 g/mol. The van der Waals surface area contributed by atoms with E-state index < -0.39 is 11.7 Å². The van der Waals surface area contributed by atoms with E-state index in [0.29, 0.717) is 26.9 Å². The number of hydrogen-bond donors (Lipinski definition) is 0. The monoisotopic (exact) mass is 402 g/mol. The third-order valence-corrected chi connectivity index (χ3v) is 6.43. The van der Waals surface area contributed by atoms with E-state index in [1.54, 1.807) is 6.07 Å². The molecule has 3 heterocycles. The molecule has 0 fully saturated rings. The van der Waals surface area contributed by atoms with Gasteiger partial charge in [-0.1, -0.05) is 41.2 Å². The van der Waals surface area contributed by atoms with Crippen molar-refractivity contribution in [2.45, 2.75) is 16.0 Å². The molecule has 3 nitrogen and oxygen atoms in total. The Kier molecular flexibility index (Phi) is 3.66. The van der Waals surface area contributed by atoms with Crippen LogP contribution >= 0.6 is 23.1 Å². The predicted octanol–water partition coefficient (Wildman–Crippen LogP) is 6.62. The van der Waals surface area contributed by atoms with E-state index in [1.807, 2.05) is 24.3 Å². The number of benzene rings is 2. The molecule has 0 bridgehead atoms. The van der Waals surface area contributed by atoms with Crippen molar-refractivity contribution in [2.24, 2.45) is 0 Å². The molecule has 0 amide bonds. The molecule has 0 radical (unpaired) electrons. The highest BCUT2D eigenvalue weighted by Gasteiger charge is 2.33. The molecule has 0 atom stereocenters. The maximum Gasteiger partial charge on any atom is 0.416 e. The number of thiazole rings is 1. The van der Waals surface area contributed by atoms with Crippen LogP contribution in [0, 0.1) is 0 Å². The zero-order chi connectivity index (χ0) is 18.6. The summed E-state index contributed by atoms with van der Waals surface area (Å²) in [6, 6.07) is 13.2. The summed E-state index contributed by atoms with van der Waals surface area (Å²) in [5.41, 5.74) is 1.62. The molecule has 2 aromatic heterocycles. The van der Waals surface area contributed by atoms with Crippen molar-refractivity contribution >= 4 is 23.1 Å². The van der Waals surface area contributed by atoms with Crippen molar-refractivity contribution in [1.82, 2.24) is 10.1 Å². The molecule has 0 saturated carbocycles. The van der Waals surface area contributed by atoms with Gasteiger partial charge in [-0.15, -0.1) is 11.3 Å². The maximum atomic E-state index is 13.2. The first-order valence-corrected chi connectivity index (χ1v) is 9.55. The molecule has 0 spiro atoms. The van der Waals surface area contributed by atoms with Gasteiger partial charge in [0.05, 0.1) is 22.3 Å². The third kappa shape index (κ3) is 2.76. The summed E-state index contributed by atoms with van der Waals surface area (Å²) in [6.07, 6.45) is -2.85. The van der Waals surface area contributed by atoms with Gasteiger partial charge in [0.2, 0.25) is 0 Å². The second kappa shape index (κ2) is 5.97. The van der Waals surface area contributed by atoms with Gasteiger partial charge < -0.3 is 4.52 Å². The van der Waals surface area contributed by atoms with Gasteiger partial charge in [-0.05, 0) is 18.2 Å². The number of rotatable bonds is 1. The van der Waals surface area contributed by atoms with E-state index in [9.17, 15) is 13.2 Å². The quantitative estimate of drug-likeness (QED) is 0.316. The fraction of sp³-hybridized carbons (Fsp3) is 0.0526. The van der Waals surface area contributed by atoms with Crippen molar-refractivity contribution in [2.75, 3.05) is 0 Å². The molecule has 0 unspecified atom stereocenters. The molecule has 27 heavy (non-hydrogen) atoms. The minimum absolute atomic E-state index is 0.533. The number of hydrogen-bond acceptors (Lipinski definition) is 5. The molecule has 8 heteroatoms. The van der Waals surface area contributed by atoms with Gasteiger partial charge in [0.15, 0.2) is 10.8 Å². The highest BCUT2D eigenvalue weighted by Crippen LogP contribution is 2.51. The lowest BCUT2D eigenvalue weighted by Gasteiger charge is -2.11. The molecule has 4 aromatic rings.